The van der Waals surface area contributed by atoms with Gasteiger partial charge in [-0.3, -0.25) is 14.3 Å². The quantitative estimate of drug-likeness (QED) is 0.835. The molecule has 8 heteroatoms. The molecule has 2 heterocycles. The van der Waals surface area contributed by atoms with E-state index in [1.165, 1.54) is 6.07 Å². The first kappa shape index (κ1) is 20.3. The SMILES string of the molecule is O=c1c2ccccc2nc(C2CCCN2CC2(O)CCCCC2)n1CC(F)(F)F. The number of likely N-dealkylation sites (tertiary alicyclic amines) is 1. The second kappa shape index (κ2) is 7.72. The van der Waals surface area contributed by atoms with Crippen LogP contribution in [0.2, 0.25) is 0 Å². The Balaban J connectivity index is 1.74. The van der Waals surface area contributed by atoms with Gasteiger partial charge in [0.1, 0.15) is 12.4 Å². The van der Waals surface area contributed by atoms with E-state index in [9.17, 15) is 23.1 Å². The number of rotatable bonds is 4. The third-order valence-electron chi connectivity index (χ3n) is 6.17. The Bertz CT molecular complexity index is 935. The molecule has 0 amide bonds. The highest BCUT2D eigenvalue weighted by molar-refractivity contribution is 5.77. The van der Waals surface area contributed by atoms with Crippen molar-refractivity contribution in [1.29, 1.82) is 0 Å². The standard InChI is InChI=1S/C21H26F3N3O2/c22-21(23,24)14-27-18(25-16-8-3-2-7-15(16)19(27)28)17-9-6-12-26(17)13-20(29)10-4-1-5-11-20/h2-3,7-8,17,29H,1,4-6,9-14H2. The lowest BCUT2D eigenvalue weighted by Gasteiger charge is -2.38. The average Bonchev–Trinajstić information content (AvgIpc) is 3.11. The van der Waals surface area contributed by atoms with E-state index >= 15 is 0 Å². The van der Waals surface area contributed by atoms with Gasteiger partial charge in [0.2, 0.25) is 0 Å². The Morgan fingerprint density at radius 2 is 1.86 bits per heavy atom. The van der Waals surface area contributed by atoms with Crippen LogP contribution in [0.5, 0.6) is 0 Å². The number of alkyl halides is 3. The van der Waals surface area contributed by atoms with Gasteiger partial charge >= 0.3 is 6.18 Å². The first-order chi connectivity index (χ1) is 13.8. The summed E-state index contributed by atoms with van der Waals surface area (Å²) in [5, 5.41) is 11.2. The van der Waals surface area contributed by atoms with Gasteiger partial charge in [-0.05, 0) is 44.4 Å². The van der Waals surface area contributed by atoms with Gasteiger partial charge in [0.05, 0.1) is 22.5 Å². The molecule has 1 aromatic heterocycles. The highest BCUT2D eigenvalue weighted by atomic mass is 19.4. The molecule has 2 aliphatic rings. The zero-order valence-corrected chi connectivity index (χ0v) is 16.3. The van der Waals surface area contributed by atoms with Crippen LogP contribution >= 0.6 is 0 Å². The Morgan fingerprint density at radius 1 is 1.14 bits per heavy atom. The van der Waals surface area contributed by atoms with Crippen LogP contribution in [-0.4, -0.2) is 44.4 Å². The number of aromatic nitrogens is 2. The molecule has 1 aromatic carbocycles. The molecular formula is C21H26F3N3O2. The number of aliphatic hydroxyl groups is 1. The average molecular weight is 409 g/mol. The largest absolute Gasteiger partial charge is 0.406 e. The third kappa shape index (κ3) is 4.33. The molecule has 158 valence electrons. The van der Waals surface area contributed by atoms with Gasteiger partial charge in [-0.25, -0.2) is 4.98 Å². The predicted molar refractivity (Wildman–Crippen MR) is 104 cm³/mol. The fourth-order valence-corrected chi connectivity index (χ4v) is 4.83. The van der Waals surface area contributed by atoms with Gasteiger partial charge in [0, 0.05) is 6.54 Å². The fraction of sp³-hybridized carbons (Fsp3) is 0.619. The minimum atomic E-state index is -4.52. The predicted octanol–water partition coefficient (Wildman–Crippen LogP) is 3.79. The maximum Gasteiger partial charge on any atom is 0.406 e. The second-order valence-electron chi connectivity index (χ2n) is 8.41. The van der Waals surface area contributed by atoms with Crippen LogP contribution in [-0.2, 0) is 6.54 Å². The molecule has 0 bridgehead atoms. The van der Waals surface area contributed by atoms with Crippen LogP contribution < -0.4 is 5.56 Å². The minimum Gasteiger partial charge on any atom is -0.389 e. The summed E-state index contributed by atoms with van der Waals surface area (Å²) in [5.41, 5.74) is -1.06. The lowest BCUT2D eigenvalue weighted by molar-refractivity contribution is -0.142. The molecule has 4 rings (SSSR count). The summed E-state index contributed by atoms with van der Waals surface area (Å²) in [5.74, 6) is 0.155. The van der Waals surface area contributed by atoms with Gasteiger partial charge in [-0.15, -0.1) is 0 Å². The minimum absolute atomic E-state index is 0.155. The molecule has 1 saturated heterocycles. The monoisotopic (exact) mass is 409 g/mol. The first-order valence-corrected chi connectivity index (χ1v) is 10.3. The van der Waals surface area contributed by atoms with Gasteiger partial charge in [-0.2, -0.15) is 13.2 Å². The summed E-state index contributed by atoms with van der Waals surface area (Å²) in [6.45, 7) is -0.262. The molecule has 2 aromatic rings. The van der Waals surface area contributed by atoms with Crippen molar-refractivity contribution in [2.45, 2.75) is 69.3 Å². The molecule has 1 N–H and O–H groups in total. The number of para-hydroxylation sites is 1. The van der Waals surface area contributed by atoms with Crippen LogP contribution in [0.1, 0.15) is 56.8 Å². The summed E-state index contributed by atoms with van der Waals surface area (Å²) < 4.78 is 40.6. The molecule has 5 nitrogen and oxygen atoms in total. The Labute approximate surface area is 167 Å². The summed E-state index contributed by atoms with van der Waals surface area (Å²) in [6, 6.07) is 6.12. The summed E-state index contributed by atoms with van der Waals surface area (Å²) in [6.07, 6.45) is 1.34. The normalized spacial score (nSPS) is 23.0. The number of fused-ring (bicyclic) bond motifs is 1. The zero-order valence-electron chi connectivity index (χ0n) is 16.3. The molecule has 1 aliphatic carbocycles. The molecule has 0 radical (unpaired) electrons. The molecule has 1 aliphatic heterocycles. The van der Waals surface area contributed by atoms with Crippen molar-refractivity contribution >= 4 is 10.9 Å². The van der Waals surface area contributed by atoms with Crippen LogP contribution in [0, 0.1) is 0 Å². The molecule has 1 unspecified atom stereocenters. The molecule has 2 fully saturated rings. The summed E-state index contributed by atoms with van der Waals surface area (Å²) in [7, 11) is 0. The summed E-state index contributed by atoms with van der Waals surface area (Å²) in [4.78, 5) is 19.4. The van der Waals surface area contributed by atoms with E-state index in [4.69, 9.17) is 0 Å². The number of hydrogen-bond donors (Lipinski definition) is 1. The van der Waals surface area contributed by atoms with Crippen molar-refractivity contribution in [3.05, 3.63) is 40.4 Å². The van der Waals surface area contributed by atoms with Crippen LogP contribution in [0.15, 0.2) is 29.1 Å². The maximum atomic E-state index is 13.3. The fourth-order valence-electron chi connectivity index (χ4n) is 4.83. The van der Waals surface area contributed by atoms with Crippen molar-refractivity contribution in [3.63, 3.8) is 0 Å². The van der Waals surface area contributed by atoms with Crippen molar-refractivity contribution in [1.82, 2.24) is 14.5 Å². The lowest BCUT2D eigenvalue weighted by Crippen LogP contribution is -2.45. The number of nitrogens with zero attached hydrogens (tertiary/aromatic N) is 3. The number of β-amino-alcohol motifs (C(OH)–C–C–N with tert-alkyl or cyclic N) is 1. The van der Waals surface area contributed by atoms with Crippen molar-refractivity contribution < 1.29 is 18.3 Å². The van der Waals surface area contributed by atoms with E-state index in [1.54, 1.807) is 18.2 Å². The molecule has 1 saturated carbocycles. The van der Waals surface area contributed by atoms with Gasteiger partial charge in [0.25, 0.3) is 5.56 Å². The van der Waals surface area contributed by atoms with Gasteiger partial charge in [-0.1, -0.05) is 31.4 Å². The van der Waals surface area contributed by atoms with E-state index in [0.29, 0.717) is 37.9 Å². The number of halogens is 3. The molecular weight excluding hydrogens is 383 g/mol. The first-order valence-electron chi connectivity index (χ1n) is 10.3. The Hall–Kier alpha value is -1.93. The van der Waals surface area contributed by atoms with Crippen molar-refractivity contribution in [2.75, 3.05) is 13.1 Å². The Kier molecular flexibility index (Phi) is 5.42. The van der Waals surface area contributed by atoms with Crippen molar-refractivity contribution in [3.8, 4) is 0 Å². The van der Waals surface area contributed by atoms with Crippen LogP contribution in [0.25, 0.3) is 10.9 Å². The van der Waals surface area contributed by atoms with Crippen LogP contribution in [0.3, 0.4) is 0 Å². The van der Waals surface area contributed by atoms with E-state index in [0.717, 1.165) is 30.3 Å². The van der Waals surface area contributed by atoms with Gasteiger partial charge < -0.3 is 5.11 Å². The van der Waals surface area contributed by atoms with Crippen molar-refractivity contribution in [2.24, 2.45) is 0 Å². The Morgan fingerprint density at radius 3 is 2.59 bits per heavy atom. The lowest BCUT2D eigenvalue weighted by atomic mass is 9.84. The number of hydrogen-bond acceptors (Lipinski definition) is 4. The van der Waals surface area contributed by atoms with E-state index in [2.05, 4.69) is 4.98 Å². The molecule has 1 atom stereocenters. The maximum absolute atomic E-state index is 13.3. The van der Waals surface area contributed by atoms with E-state index in [1.807, 2.05) is 4.90 Å². The van der Waals surface area contributed by atoms with Gasteiger partial charge in [0.15, 0.2) is 0 Å². The zero-order chi connectivity index (χ0) is 20.6. The third-order valence-corrected chi connectivity index (χ3v) is 6.17. The highest BCUT2D eigenvalue weighted by Gasteiger charge is 2.39. The smallest absolute Gasteiger partial charge is 0.389 e. The van der Waals surface area contributed by atoms with E-state index < -0.39 is 29.9 Å². The topological polar surface area (TPSA) is 58.4 Å². The number of benzene rings is 1. The summed E-state index contributed by atoms with van der Waals surface area (Å²) >= 11 is 0. The molecule has 29 heavy (non-hydrogen) atoms. The second-order valence-corrected chi connectivity index (χ2v) is 8.41. The van der Waals surface area contributed by atoms with E-state index in [-0.39, 0.29) is 11.2 Å². The highest BCUT2D eigenvalue weighted by Crippen LogP contribution is 2.36. The molecule has 0 spiro atoms. The van der Waals surface area contributed by atoms with Crippen LogP contribution in [0.4, 0.5) is 13.2 Å².